The maximum Gasteiger partial charge on any atom is 0.228 e. The second-order valence-electron chi connectivity index (χ2n) is 6.37. The number of imidazole rings is 1. The maximum absolute atomic E-state index is 12.4. The van der Waals surface area contributed by atoms with E-state index in [2.05, 4.69) is 28.7 Å². The van der Waals surface area contributed by atoms with Crippen molar-refractivity contribution >= 4 is 22.6 Å². The molecule has 130 valence electrons. The van der Waals surface area contributed by atoms with Gasteiger partial charge in [-0.1, -0.05) is 18.2 Å². The van der Waals surface area contributed by atoms with E-state index in [-0.39, 0.29) is 5.91 Å². The van der Waals surface area contributed by atoms with E-state index in [9.17, 15) is 4.79 Å². The van der Waals surface area contributed by atoms with Crippen molar-refractivity contribution in [1.29, 1.82) is 0 Å². The molecule has 1 N–H and O–H groups in total. The van der Waals surface area contributed by atoms with Crippen LogP contribution < -0.4 is 10.1 Å². The summed E-state index contributed by atoms with van der Waals surface area (Å²) >= 11 is 0. The zero-order chi connectivity index (χ0) is 18.0. The molecule has 3 aromatic rings. The molecule has 0 unspecified atom stereocenters. The molecule has 5 nitrogen and oxygen atoms in total. The van der Waals surface area contributed by atoms with Crippen LogP contribution in [0.4, 0.5) is 5.69 Å². The fraction of sp³-hybridized carbons (Fsp3) is 0.300. The normalized spacial score (nSPS) is 11.1. The molecule has 3 rings (SSSR count). The molecule has 25 heavy (non-hydrogen) atoms. The molecule has 0 saturated carbocycles. The average Bonchev–Trinajstić information content (AvgIpc) is 2.90. The number of hydrogen-bond donors (Lipinski definition) is 1. The maximum atomic E-state index is 12.4. The highest BCUT2D eigenvalue weighted by atomic mass is 16.5. The van der Waals surface area contributed by atoms with Crippen molar-refractivity contribution < 1.29 is 9.53 Å². The third kappa shape index (κ3) is 3.50. The quantitative estimate of drug-likeness (QED) is 0.762. The van der Waals surface area contributed by atoms with Crippen molar-refractivity contribution in [3.8, 4) is 5.75 Å². The SMILES string of the molecule is COc1ccccc1NC(=O)Cc1ccc2c(c1)nc(C)n2C(C)C. The van der Waals surface area contributed by atoms with Crippen molar-refractivity contribution in [1.82, 2.24) is 9.55 Å². The molecule has 1 aromatic heterocycles. The minimum Gasteiger partial charge on any atom is -0.495 e. The summed E-state index contributed by atoms with van der Waals surface area (Å²) < 4.78 is 7.47. The monoisotopic (exact) mass is 337 g/mol. The first-order valence-corrected chi connectivity index (χ1v) is 8.40. The van der Waals surface area contributed by atoms with Gasteiger partial charge in [-0.2, -0.15) is 0 Å². The van der Waals surface area contributed by atoms with E-state index in [0.717, 1.165) is 22.4 Å². The first kappa shape index (κ1) is 17.0. The van der Waals surface area contributed by atoms with Gasteiger partial charge in [-0.15, -0.1) is 0 Å². The molecule has 0 aliphatic carbocycles. The number of nitrogens with zero attached hydrogens (tertiary/aromatic N) is 2. The Morgan fingerprint density at radius 1 is 1.24 bits per heavy atom. The van der Waals surface area contributed by atoms with Crippen LogP contribution in [0.2, 0.25) is 0 Å². The lowest BCUT2D eigenvalue weighted by molar-refractivity contribution is -0.115. The summed E-state index contributed by atoms with van der Waals surface area (Å²) in [5, 5.41) is 2.90. The van der Waals surface area contributed by atoms with Crippen LogP contribution in [0.5, 0.6) is 5.75 Å². The van der Waals surface area contributed by atoms with Gasteiger partial charge < -0.3 is 14.6 Å². The summed E-state index contributed by atoms with van der Waals surface area (Å²) in [6.45, 7) is 6.29. The van der Waals surface area contributed by atoms with Gasteiger partial charge in [0.25, 0.3) is 0 Å². The van der Waals surface area contributed by atoms with Crippen LogP contribution in [-0.4, -0.2) is 22.6 Å². The Balaban J connectivity index is 1.80. The number of hydrogen-bond acceptors (Lipinski definition) is 3. The van der Waals surface area contributed by atoms with Crippen LogP contribution in [0.1, 0.15) is 31.3 Å². The number of rotatable bonds is 5. The van der Waals surface area contributed by atoms with Gasteiger partial charge >= 0.3 is 0 Å². The van der Waals surface area contributed by atoms with Crippen molar-refractivity contribution in [3.05, 3.63) is 53.9 Å². The Kier molecular flexibility index (Phi) is 4.74. The van der Waals surface area contributed by atoms with E-state index in [1.165, 1.54) is 0 Å². The summed E-state index contributed by atoms with van der Waals surface area (Å²) in [4.78, 5) is 17.0. The van der Waals surface area contributed by atoms with Gasteiger partial charge in [0.1, 0.15) is 11.6 Å². The number of benzene rings is 2. The van der Waals surface area contributed by atoms with Gasteiger partial charge in [0.2, 0.25) is 5.91 Å². The number of nitrogens with one attached hydrogen (secondary N) is 1. The molecular formula is C20H23N3O2. The number of carbonyl (C=O) groups is 1. The summed E-state index contributed by atoms with van der Waals surface area (Å²) in [7, 11) is 1.59. The zero-order valence-corrected chi connectivity index (χ0v) is 15.0. The number of ether oxygens (including phenoxy) is 1. The molecule has 0 radical (unpaired) electrons. The lowest BCUT2D eigenvalue weighted by Crippen LogP contribution is -2.15. The van der Waals surface area contributed by atoms with Gasteiger partial charge in [0, 0.05) is 6.04 Å². The van der Waals surface area contributed by atoms with Gasteiger partial charge in [0.15, 0.2) is 0 Å². The van der Waals surface area contributed by atoms with E-state index >= 15 is 0 Å². The van der Waals surface area contributed by atoms with E-state index in [0.29, 0.717) is 23.9 Å². The van der Waals surface area contributed by atoms with Crippen LogP contribution >= 0.6 is 0 Å². The summed E-state index contributed by atoms with van der Waals surface area (Å²) in [5.74, 6) is 1.56. The fourth-order valence-corrected chi connectivity index (χ4v) is 3.15. The second-order valence-corrected chi connectivity index (χ2v) is 6.37. The number of aromatic nitrogens is 2. The molecule has 5 heteroatoms. The number of amides is 1. The number of anilines is 1. The van der Waals surface area contributed by atoms with Gasteiger partial charge in [-0.05, 0) is 50.6 Å². The smallest absolute Gasteiger partial charge is 0.228 e. The summed E-state index contributed by atoms with van der Waals surface area (Å²) in [6.07, 6.45) is 0.293. The average molecular weight is 337 g/mol. The molecular weight excluding hydrogens is 314 g/mol. The number of para-hydroxylation sites is 2. The van der Waals surface area contributed by atoms with Crippen molar-refractivity contribution in [2.24, 2.45) is 0 Å². The molecule has 0 aliphatic rings. The number of aryl methyl sites for hydroxylation is 1. The number of methoxy groups -OCH3 is 1. The van der Waals surface area contributed by atoms with Crippen LogP contribution in [-0.2, 0) is 11.2 Å². The van der Waals surface area contributed by atoms with Crippen LogP contribution in [0.15, 0.2) is 42.5 Å². The molecule has 0 atom stereocenters. The number of fused-ring (bicyclic) bond motifs is 1. The fourth-order valence-electron chi connectivity index (χ4n) is 3.15. The molecule has 0 aliphatic heterocycles. The number of carbonyl (C=O) groups excluding carboxylic acids is 1. The lowest BCUT2D eigenvalue weighted by atomic mass is 10.1. The topological polar surface area (TPSA) is 56.1 Å². The van der Waals surface area contributed by atoms with E-state index in [1.54, 1.807) is 7.11 Å². The van der Waals surface area contributed by atoms with E-state index < -0.39 is 0 Å². The second kappa shape index (κ2) is 6.97. The molecule has 1 heterocycles. The van der Waals surface area contributed by atoms with E-state index in [4.69, 9.17) is 4.74 Å². The minimum atomic E-state index is -0.0798. The Hall–Kier alpha value is -2.82. The highest BCUT2D eigenvalue weighted by Crippen LogP contribution is 2.24. The molecule has 0 spiro atoms. The lowest BCUT2D eigenvalue weighted by Gasteiger charge is -2.11. The van der Waals surface area contributed by atoms with Crippen molar-refractivity contribution in [3.63, 3.8) is 0 Å². The highest BCUT2D eigenvalue weighted by molar-refractivity contribution is 5.94. The van der Waals surface area contributed by atoms with Crippen LogP contribution in [0.3, 0.4) is 0 Å². The first-order valence-electron chi connectivity index (χ1n) is 8.40. The van der Waals surface area contributed by atoms with E-state index in [1.807, 2.05) is 49.4 Å². The summed E-state index contributed by atoms with van der Waals surface area (Å²) in [6, 6.07) is 13.8. The predicted octanol–water partition coefficient (Wildman–Crippen LogP) is 4.12. The Bertz CT molecular complexity index is 912. The minimum absolute atomic E-state index is 0.0798. The highest BCUT2D eigenvalue weighted by Gasteiger charge is 2.12. The molecule has 0 saturated heterocycles. The third-order valence-corrected chi connectivity index (χ3v) is 4.19. The first-order chi connectivity index (χ1) is 12.0. The van der Waals surface area contributed by atoms with Gasteiger partial charge in [0.05, 0.1) is 30.3 Å². The molecule has 0 fully saturated rings. The van der Waals surface area contributed by atoms with Crippen molar-refractivity contribution in [2.75, 3.05) is 12.4 Å². The summed E-state index contributed by atoms with van der Waals surface area (Å²) in [5.41, 5.74) is 3.64. The molecule has 0 bridgehead atoms. The molecule has 1 amide bonds. The third-order valence-electron chi connectivity index (χ3n) is 4.19. The van der Waals surface area contributed by atoms with Gasteiger partial charge in [-0.25, -0.2) is 4.98 Å². The Morgan fingerprint density at radius 2 is 2.00 bits per heavy atom. The predicted molar refractivity (Wildman–Crippen MR) is 100 cm³/mol. The standard InChI is InChI=1S/C20H23N3O2/c1-13(2)23-14(3)21-17-11-15(9-10-18(17)23)12-20(24)22-16-7-5-6-8-19(16)25-4/h5-11,13H,12H2,1-4H3,(H,22,24). The van der Waals surface area contributed by atoms with Crippen LogP contribution in [0, 0.1) is 6.92 Å². The molecule has 2 aromatic carbocycles. The largest absolute Gasteiger partial charge is 0.495 e. The Labute approximate surface area is 147 Å². The van der Waals surface area contributed by atoms with Crippen LogP contribution in [0.25, 0.3) is 11.0 Å². The van der Waals surface area contributed by atoms with Gasteiger partial charge in [-0.3, -0.25) is 4.79 Å². The Morgan fingerprint density at radius 3 is 2.72 bits per heavy atom. The zero-order valence-electron chi connectivity index (χ0n) is 15.0. The van der Waals surface area contributed by atoms with Crippen molar-refractivity contribution in [2.45, 2.75) is 33.2 Å².